The molecule has 0 bridgehead atoms. The number of hydrogen-bond donors (Lipinski definition) is 0. The number of nitrogens with zero attached hydrogens (tertiary/aromatic N) is 1. The zero-order chi connectivity index (χ0) is 11.7. The molecule has 17 heavy (non-hydrogen) atoms. The van der Waals surface area contributed by atoms with Crippen LogP contribution in [-0.4, -0.2) is 4.98 Å². The second-order valence-corrected chi connectivity index (χ2v) is 4.39. The maximum atomic E-state index is 13.6. The summed E-state index contributed by atoms with van der Waals surface area (Å²) < 4.78 is 18.6. The Balaban J connectivity index is 2.04. The molecule has 0 amide bonds. The highest BCUT2D eigenvalue weighted by atomic mass is 32.1. The standard InChI is InChI=1S/C13H8FNOS/c14-11-4-2-1-3-10(11)12-8-17-13(15-12)9-5-6-16-7-9/h1-8H. The van der Waals surface area contributed by atoms with Crippen LogP contribution in [0.15, 0.2) is 52.7 Å². The van der Waals surface area contributed by atoms with Crippen LogP contribution in [0, 0.1) is 5.82 Å². The Morgan fingerprint density at radius 3 is 2.82 bits per heavy atom. The summed E-state index contributed by atoms with van der Waals surface area (Å²) in [5, 5.41) is 2.68. The molecule has 2 nitrogen and oxygen atoms in total. The highest BCUT2D eigenvalue weighted by molar-refractivity contribution is 7.13. The number of rotatable bonds is 2. The van der Waals surface area contributed by atoms with Crippen molar-refractivity contribution in [1.29, 1.82) is 0 Å². The van der Waals surface area contributed by atoms with Crippen molar-refractivity contribution >= 4 is 11.3 Å². The predicted octanol–water partition coefficient (Wildman–Crippen LogP) is 4.21. The van der Waals surface area contributed by atoms with Gasteiger partial charge in [0.2, 0.25) is 0 Å². The van der Waals surface area contributed by atoms with E-state index in [0.717, 1.165) is 10.6 Å². The lowest BCUT2D eigenvalue weighted by Gasteiger charge is -1.97. The molecule has 0 aliphatic heterocycles. The van der Waals surface area contributed by atoms with Gasteiger partial charge < -0.3 is 4.42 Å². The van der Waals surface area contributed by atoms with Gasteiger partial charge >= 0.3 is 0 Å². The average Bonchev–Trinajstić information content (AvgIpc) is 3.00. The van der Waals surface area contributed by atoms with Gasteiger partial charge in [-0.05, 0) is 18.2 Å². The highest BCUT2D eigenvalue weighted by Gasteiger charge is 2.10. The number of hydrogen-bond acceptors (Lipinski definition) is 3. The van der Waals surface area contributed by atoms with Crippen molar-refractivity contribution in [1.82, 2.24) is 4.98 Å². The van der Waals surface area contributed by atoms with Crippen molar-refractivity contribution in [2.45, 2.75) is 0 Å². The Kier molecular flexibility index (Phi) is 2.49. The van der Waals surface area contributed by atoms with E-state index in [4.69, 9.17) is 4.42 Å². The van der Waals surface area contributed by atoms with Gasteiger partial charge in [-0.3, -0.25) is 0 Å². The lowest BCUT2D eigenvalue weighted by atomic mass is 10.1. The maximum absolute atomic E-state index is 13.6. The normalized spacial score (nSPS) is 10.6. The Morgan fingerprint density at radius 1 is 1.18 bits per heavy atom. The van der Waals surface area contributed by atoms with Crippen LogP contribution in [0.4, 0.5) is 4.39 Å². The molecule has 0 saturated carbocycles. The molecule has 3 aromatic rings. The first-order chi connectivity index (χ1) is 8.34. The van der Waals surface area contributed by atoms with Crippen LogP contribution < -0.4 is 0 Å². The summed E-state index contributed by atoms with van der Waals surface area (Å²) in [5.74, 6) is -0.253. The molecule has 1 aromatic carbocycles. The molecule has 0 radical (unpaired) electrons. The number of furan rings is 1. The third kappa shape index (κ3) is 1.87. The minimum Gasteiger partial charge on any atom is -0.472 e. The molecule has 4 heteroatoms. The molecule has 0 spiro atoms. The van der Waals surface area contributed by atoms with E-state index in [1.54, 1.807) is 30.7 Å². The van der Waals surface area contributed by atoms with Crippen LogP contribution in [0.1, 0.15) is 0 Å². The van der Waals surface area contributed by atoms with Crippen molar-refractivity contribution in [3.8, 4) is 21.8 Å². The van der Waals surface area contributed by atoms with E-state index in [0.29, 0.717) is 11.3 Å². The fourth-order valence-corrected chi connectivity index (χ4v) is 2.39. The Morgan fingerprint density at radius 2 is 2.06 bits per heavy atom. The quantitative estimate of drug-likeness (QED) is 0.676. The molecular formula is C13H8FNOS. The summed E-state index contributed by atoms with van der Waals surface area (Å²) in [5.41, 5.74) is 2.10. The Bertz CT molecular complexity index is 630. The second-order valence-electron chi connectivity index (χ2n) is 3.53. The van der Waals surface area contributed by atoms with Crippen LogP contribution >= 0.6 is 11.3 Å². The smallest absolute Gasteiger partial charge is 0.132 e. The molecule has 84 valence electrons. The third-order valence-corrected chi connectivity index (χ3v) is 3.31. The summed E-state index contributed by atoms with van der Waals surface area (Å²) in [7, 11) is 0. The van der Waals surface area contributed by atoms with Gasteiger partial charge in [0.25, 0.3) is 0 Å². The van der Waals surface area contributed by atoms with E-state index >= 15 is 0 Å². The van der Waals surface area contributed by atoms with Gasteiger partial charge in [-0.15, -0.1) is 11.3 Å². The lowest BCUT2D eigenvalue weighted by Crippen LogP contribution is -1.83. The molecule has 0 atom stereocenters. The average molecular weight is 245 g/mol. The van der Waals surface area contributed by atoms with Gasteiger partial charge in [0.1, 0.15) is 17.1 Å². The summed E-state index contributed by atoms with van der Waals surface area (Å²) in [6, 6.07) is 8.47. The summed E-state index contributed by atoms with van der Waals surface area (Å²) in [4.78, 5) is 4.40. The maximum Gasteiger partial charge on any atom is 0.132 e. The Labute approximate surface area is 101 Å². The number of benzene rings is 1. The lowest BCUT2D eigenvalue weighted by molar-refractivity contribution is 0.568. The van der Waals surface area contributed by atoms with Gasteiger partial charge in [-0.25, -0.2) is 9.37 Å². The molecular weight excluding hydrogens is 237 g/mol. The van der Waals surface area contributed by atoms with Crippen molar-refractivity contribution in [2.24, 2.45) is 0 Å². The first-order valence-electron chi connectivity index (χ1n) is 5.07. The van der Waals surface area contributed by atoms with Crippen molar-refractivity contribution in [3.63, 3.8) is 0 Å². The topological polar surface area (TPSA) is 26.0 Å². The van der Waals surface area contributed by atoms with Crippen LogP contribution in [0.3, 0.4) is 0 Å². The van der Waals surface area contributed by atoms with Crippen molar-refractivity contribution in [2.75, 3.05) is 0 Å². The Hall–Kier alpha value is -1.94. The van der Waals surface area contributed by atoms with Crippen LogP contribution in [-0.2, 0) is 0 Å². The van der Waals surface area contributed by atoms with E-state index in [-0.39, 0.29) is 5.82 Å². The number of aromatic nitrogens is 1. The van der Waals surface area contributed by atoms with Crippen molar-refractivity contribution in [3.05, 3.63) is 54.1 Å². The monoisotopic (exact) mass is 245 g/mol. The molecule has 0 saturated heterocycles. The van der Waals surface area contributed by atoms with Gasteiger partial charge in [-0.2, -0.15) is 0 Å². The fourth-order valence-electron chi connectivity index (χ4n) is 1.59. The molecule has 0 fully saturated rings. The molecule has 0 aliphatic rings. The molecule has 0 aliphatic carbocycles. The van der Waals surface area contributed by atoms with E-state index in [2.05, 4.69) is 4.98 Å². The van der Waals surface area contributed by atoms with Gasteiger partial charge in [0, 0.05) is 16.5 Å². The summed E-state index contributed by atoms with van der Waals surface area (Å²) >= 11 is 1.47. The van der Waals surface area contributed by atoms with E-state index in [1.807, 2.05) is 11.4 Å². The number of halogens is 1. The van der Waals surface area contributed by atoms with Crippen LogP contribution in [0.25, 0.3) is 21.8 Å². The van der Waals surface area contributed by atoms with E-state index in [9.17, 15) is 4.39 Å². The summed E-state index contributed by atoms with van der Waals surface area (Å²) in [6.45, 7) is 0. The predicted molar refractivity (Wildman–Crippen MR) is 65.2 cm³/mol. The second kappa shape index (κ2) is 4.14. The molecule has 0 unspecified atom stereocenters. The summed E-state index contributed by atoms with van der Waals surface area (Å²) in [6.07, 6.45) is 3.23. The van der Waals surface area contributed by atoms with Gasteiger partial charge in [-0.1, -0.05) is 12.1 Å². The first kappa shape index (κ1) is 10.2. The van der Waals surface area contributed by atoms with Gasteiger partial charge in [0.15, 0.2) is 0 Å². The third-order valence-electron chi connectivity index (χ3n) is 2.42. The largest absolute Gasteiger partial charge is 0.472 e. The van der Waals surface area contributed by atoms with E-state index < -0.39 is 0 Å². The number of thiazole rings is 1. The van der Waals surface area contributed by atoms with Crippen LogP contribution in [0.5, 0.6) is 0 Å². The van der Waals surface area contributed by atoms with Crippen molar-refractivity contribution < 1.29 is 8.81 Å². The van der Waals surface area contributed by atoms with Gasteiger partial charge in [0.05, 0.1) is 12.0 Å². The minimum absolute atomic E-state index is 0.253. The molecule has 3 rings (SSSR count). The van der Waals surface area contributed by atoms with Crippen LogP contribution in [0.2, 0.25) is 0 Å². The zero-order valence-corrected chi connectivity index (χ0v) is 9.58. The highest BCUT2D eigenvalue weighted by Crippen LogP contribution is 2.30. The fraction of sp³-hybridized carbons (Fsp3) is 0. The first-order valence-corrected chi connectivity index (χ1v) is 5.95. The SMILES string of the molecule is Fc1ccccc1-c1csc(-c2ccoc2)n1. The minimum atomic E-state index is -0.253. The van der Waals surface area contributed by atoms with E-state index in [1.165, 1.54) is 17.4 Å². The zero-order valence-electron chi connectivity index (χ0n) is 8.76. The molecule has 0 N–H and O–H groups in total. The molecule has 2 aromatic heterocycles. The molecule has 2 heterocycles.